The van der Waals surface area contributed by atoms with Crippen molar-refractivity contribution in [2.75, 3.05) is 19.7 Å². The van der Waals surface area contributed by atoms with Crippen LogP contribution in [0.5, 0.6) is 0 Å². The first-order valence-electron chi connectivity index (χ1n) is 6.87. The van der Waals surface area contributed by atoms with E-state index in [1.165, 1.54) is 0 Å². The van der Waals surface area contributed by atoms with Crippen LogP contribution in [0, 0.1) is 0 Å². The third kappa shape index (κ3) is 4.38. The van der Waals surface area contributed by atoms with Gasteiger partial charge < -0.3 is 20.0 Å². The molecule has 1 saturated heterocycles. The Morgan fingerprint density at radius 2 is 2.11 bits per heavy atom. The Hall–Kier alpha value is -1.30. The molecule has 19 heavy (non-hydrogen) atoms. The Morgan fingerprint density at radius 3 is 2.63 bits per heavy atom. The van der Waals surface area contributed by atoms with E-state index in [1.54, 1.807) is 9.80 Å². The highest BCUT2D eigenvalue weighted by Crippen LogP contribution is 2.19. The lowest BCUT2D eigenvalue weighted by molar-refractivity contribution is -0.137. The van der Waals surface area contributed by atoms with Crippen molar-refractivity contribution in [1.29, 1.82) is 0 Å². The molecule has 1 atom stereocenters. The monoisotopic (exact) mass is 272 g/mol. The number of hydrogen-bond donors (Lipinski definition) is 2. The zero-order chi connectivity index (χ0) is 14.4. The molecular formula is C13H24N2O4. The zero-order valence-electron chi connectivity index (χ0n) is 11.7. The Kier molecular flexibility index (Phi) is 6.08. The summed E-state index contributed by atoms with van der Waals surface area (Å²) in [6, 6.07) is -0.147. The van der Waals surface area contributed by atoms with Crippen molar-refractivity contribution >= 4 is 12.0 Å². The van der Waals surface area contributed by atoms with E-state index in [-0.39, 0.29) is 31.1 Å². The predicted molar refractivity (Wildman–Crippen MR) is 70.9 cm³/mol. The van der Waals surface area contributed by atoms with Gasteiger partial charge in [-0.05, 0) is 33.1 Å². The number of rotatable bonds is 6. The number of urea groups is 1. The van der Waals surface area contributed by atoms with Crippen molar-refractivity contribution in [1.82, 2.24) is 9.80 Å². The molecule has 0 bridgehead atoms. The van der Waals surface area contributed by atoms with Crippen molar-refractivity contribution in [3.8, 4) is 0 Å². The molecule has 6 heteroatoms. The smallest absolute Gasteiger partial charge is 0.320 e. The van der Waals surface area contributed by atoms with Gasteiger partial charge in [-0.2, -0.15) is 0 Å². The molecule has 2 N–H and O–H groups in total. The second kappa shape index (κ2) is 7.33. The largest absolute Gasteiger partial charge is 0.481 e. The Morgan fingerprint density at radius 1 is 1.42 bits per heavy atom. The van der Waals surface area contributed by atoms with Crippen LogP contribution < -0.4 is 0 Å². The number of aliphatic carboxylic acids is 1. The number of carboxylic acids is 1. The molecule has 2 amide bonds. The number of likely N-dealkylation sites (tertiary alicyclic amines) is 1. The fourth-order valence-corrected chi connectivity index (χ4v) is 2.42. The summed E-state index contributed by atoms with van der Waals surface area (Å²) in [5.74, 6) is -0.842. The van der Waals surface area contributed by atoms with Crippen LogP contribution in [0.25, 0.3) is 0 Å². The van der Waals surface area contributed by atoms with E-state index >= 15 is 0 Å². The number of carbonyl (C=O) groups is 2. The lowest BCUT2D eigenvalue weighted by Gasteiger charge is -2.33. The number of aliphatic hydroxyl groups is 1. The number of nitrogens with zero attached hydrogens (tertiary/aromatic N) is 2. The first-order valence-corrected chi connectivity index (χ1v) is 6.87. The molecule has 1 unspecified atom stereocenters. The average molecular weight is 272 g/mol. The summed E-state index contributed by atoms with van der Waals surface area (Å²) in [5, 5.41) is 17.9. The third-order valence-electron chi connectivity index (χ3n) is 3.49. The topological polar surface area (TPSA) is 81.1 Å². The molecule has 1 aliphatic heterocycles. The first-order chi connectivity index (χ1) is 8.97. The van der Waals surface area contributed by atoms with Gasteiger partial charge in [-0.1, -0.05) is 0 Å². The molecule has 0 radical (unpaired) electrons. The molecule has 0 aromatic rings. The maximum atomic E-state index is 12.4. The second-order valence-corrected chi connectivity index (χ2v) is 5.24. The Labute approximate surface area is 114 Å². The fraction of sp³-hybridized carbons (Fsp3) is 0.846. The highest BCUT2D eigenvalue weighted by atomic mass is 16.4. The average Bonchev–Trinajstić information content (AvgIpc) is 2.81. The summed E-state index contributed by atoms with van der Waals surface area (Å²) in [6.07, 6.45) is 2.28. The fourth-order valence-electron chi connectivity index (χ4n) is 2.42. The Bertz CT molecular complexity index is 320. The summed E-state index contributed by atoms with van der Waals surface area (Å²) in [7, 11) is 0. The van der Waals surface area contributed by atoms with Crippen molar-refractivity contribution in [2.24, 2.45) is 0 Å². The third-order valence-corrected chi connectivity index (χ3v) is 3.49. The zero-order valence-corrected chi connectivity index (χ0v) is 11.7. The van der Waals surface area contributed by atoms with E-state index in [2.05, 4.69) is 0 Å². The maximum absolute atomic E-state index is 12.4. The molecule has 1 heterocycles. The van der Waals surface area contributed by atoms with Crippen LogP contribution in [-0.2, 0) is 4.79 Å². The molecule has 0 spiro atoms. The molecule has 110 valence electrons. The highest BCUT2D eigenvalue weighted by molar-refractivity contribution is 5.75. The maximum Gasteiger partial charge on any atom is 0.320 e. The Balaban J connectivity index is 2.59. The van der Waals surface area contributed by atoms with Crippen LogP contribution in [0.15, 0.2) is 0 Å². The van der Waals surface area contributed by atoms with Gasteiger partial charge in [0.1, 0.15) is 0 Å². The van der Waals surface area contributed by atoms with Crippen molar-refractivity contribution in [3.05, 3.63) is 0 Å². The molecule has 1 fully saturated rings. The molecule has 1 aliphatic rings. The van der Waals surface area contributed by atoms with Crippen LogP contribution >= 0.6 is 0 Å². The van der Waals surface area contributed by atoms with Crippen LogP contribution in [-0.4, -0.2) is 63.8 Å². The molecule has 6 nitrogen and oxygen atoms in total. The van der Waals surface area contributed by atoms with Gasteiger partial charge in [-0.3, -0.25) is 4.79 Å². The van der Waals surface area contributed by atoms with E-state index in [9.17, 15) is 14.7 Å². The summed E-state index contributed by atoms with van der Waals surface area (Å²) < 4.78 is 0. The van der Waals surface area contributed by atoms with Crippen molar-refractivity contribution in [2.45, 2.75) is 51.6 Å². The summed E-state index contributed by atoms with van der Waals surface area (Å²) in [6.45, 7) is 4.95. The van der Waals surface area contributed by atoms with Gasteiger partial charge in [0.2, 0.25) is 0 Å². The quantitative estimate of drug-likeness (QED) is 0.759. The number of hydrogen-bond acceptors (Lipinski definition) is 3. The van der Waals surface area contributed by atoms with Crippen molar-refractivity contribution < 1.29 is 19.8 Å². The first kappa shape index (κ1) is 15.8. The van der Waals surface area contributed by atoms with E-state index < -0.39 is 5.97 Å². The van der Waals surface area contributed by atoms with Crippen LogP contribution in [0.2, 0.25) is 0 Å². The summed E-state index contributed by atoms with van der Waals surface area (Å²) in [4.78, 5) is 26.4. The number of amides is 2. The van der Waals surface area contributed by atoms with Crippen LogP contribution in [0.4, 0.5) is 4.79 Å². The van der Waals surface area contributed by atoms with Gasteiger partial charge in [0.05, 0.1) is 12.6 Å². The van der Waals surface area contributed by atoms with Crippen molar-refractivity contribution in [3.63, 3.8) is 0 Å². The standard InChI is InChI=1S/C13H24N2O4/c1-10(2)14(7-4-6-12(17)18)13(19)15-8-3-5-11(15)9-16/h10-11,16H,3-9H2,1-2H3,(H,17,18). The van der Waals surface area contributed by atoms with Crippen LogP contribution in [0.1, 0.15) is 39.5 Å². The predicted octanol–water partition coefficient (Wildman–Crippen LogP) is 1.14. The molecule has 0 saturated carbocycles. The number of aliphatic hydroxyl groups excluding tert-OH is 1. The van der Waals surface area contributed by atoms with E-state index in [4.69, 9.17) is 5.11 Å². The van der Waals surface area contributed by atoms with Gasteiger partial charge in [0.15, 0.2) is 0 Å². The molecule has 0 aromatic carbocycles. The van der Waals surface area contributed by atoms with E-state index in [0.29, 0.717) is 19.5 Å². The number of carboxylic acid groups (broad SMARTS) is 1. The van der Waals surface area contributed by atoms with E-state index in [1.807, 2.05) is 13.8 Å². The number of carbonyl (C=O) groups excluding carboxylic acids is 1. The summed E-state index contributed by atoms with van der Waals surface area (Å²) >= 11 is 0. The van der Waals surface area contributed by atoms with Gasteiger partial charge in [0, 0.05) is 25.6 Å². The van der Waals surface area contributed by atoms with Gasteiger partial charge in [-0.15, -0.1) is 0 Å². The van der Waals surface area contributed by atoms with Crippen LogP contribution in [0.3, 0.4) is 0 Å². The lowest BCUT2D eigenvalue weighted by atomic mass is 10.2. The second-order valence-electron chi connectivity index (χ2n) is 5.24. The minimum Gasteiger partial charge on any atom is -0.481 e. The van der Waals surface area contributed by atoms with E-state index in [0.717, 1.165) is 12.8 Å². The highest BCUT2D eigenvalue weighted by Gasteiger charge is 2.31. The lowest BCUT2D eigenvalue weighted by Crippen LogP contribution is -2.49. The van der Waals surface area contributed by atoms with Gasteiger partial charge in [-0.25, -0.2) is 4.79 Å². The normalized spacial score (nSPS) is 18.9. The SMILES string of the molecule is CC(C)N(CCCC(=O)O)C(=O)N1CCCC1CO. The minimum atomic E-state index is -0.842. The van der Waals surface area contributed by atoms with Gasteiger partial charge >= 0.3 is 12.0 Å². The summed E-state index contributed by atoms with van der Waals surface area (Å²) in [5.41, 5.74) is 0. The van der Waals surface area contributed by atoms with Gasteiger partial charge in [0.25, 0.3) is 0 Å². The molecule has 1 rings (SSSR count). The molecule has 0 aliphatic carbocycles. The molecule has 0 aromatic heterocycles. The molecular weight excluding hydrogens is 248 g/mol. The minimum absolute atomic E-state index is 0.00714.